The summed E-state index contributed by atoms with van der Waals surface area (Å²) in [6.45, 7) is 6.33. The van der Waals surface area contributed by atoms with Gasteiger partial charge in [0.25, 0.3) is 0 Å². The third-order valence-electron chi connectivity index (χ3n) is 8.18. The lowest BCUT2D eigenvalue weighted by molar-refractivity contribution is -0.157. The molecule has 0 aliphatic heterocycles. The number of fused-ring (bicyclic) bond motifs is 5. The number of rotatable bonds is 1. The lowest BCUT2D eigenvalue weighted by Gasteiger charge is -2.57. The number of carbonyl (C=O) groups excluding carboxylic acids is 2. The molecule has 0 heterocycles. The molecule has 132 valence electrons. The summed E-state index contributed by atoms with van der Waals surface area (Å²) < 4.78 is 5.71. The highest BCUT2D eigenvalue weighted by Gasteiger charge is 2.59. The number of esters is 1. The first-order chi connectivity index (χ1) is 11.3. The number of ketones is 1. The summed E-state index contributed by atoms with van der Waals surface area (Å²) in [4.78, 5) is 23.4. The maximum atomic E-state index is 11.9. The van der Waals surface area contributed by atoms with Crippen LogP contribution in [0.5, 0.6) is 0 Å². The van der Waals surface area contributed by atoms with Gasteiger partial charge in [-0.1, -0.05) is 19.4 Å². The normalized spacial score (nSPS) is 47.3. The van der Waals surface area contributed by atoms with E-state index in [2.05, 4.69) is 13.8 Å². The first kappa shape index (κ1) is 16.4. The molecule has 24 heavy (non-hydrogen) atoms. The standard InChI is InChI=1S/C21H30O3/c1-13(22)24-19-7-6-17-16-5-4-14-12-15(23)8-10-20(14,2)18(16)9-11-21(17,19)3/h12,16-19H,4-11H2,1-3H3/t16-,17-,18-,19?,20-,21-/m0/s1. The Labute approximate surface area is 145 Å². The Bertz CT molecular complexity index is 606. The quantitative estimate of drug-likeness (QED) is 0.667. The van der Waals surface area contributed by atoms with Crippen molar-refractivity contribution in [1.82, 2.24) is 0 Å². The highest BCUT2D eigenvalue weighted by atomic mass is 16.5. The third kappa shape index (κ3) is 2.23. The smallest absolute Gasteiger partial charge is 0.302 e. The Balaban J connectivity index is 1.62. The van der Waals surface area contributed by atoms with Gasteiger partial charge in [-0.25, -0.2) is 0 Å². The van der Waals surface area contributed by atoms with Crippen LogP contribution in [0.15, 0.2) is 11.6 Å². The van der Waals surface area contributed by atoms with Gasteiger partial charge < -0.3 is 4.74 Å². The molecule has 0 bridgehead atoms. The lowest BCUT2D eigenvalue weighted by Crippen LogP contribution is -2.51. The maximum Gasteiger partial charge on any atom is 0.302 e. The van der Waals surface area contributed by atoms with Crippen LogP contribution in [0.25, 0.3) is 0 Å². The van der Waals surface area contributed by atoms with Gasteiger partial charge in [-0.3, -0.25) is 9.59 Å². The Morgan fingerprint density at radius 3 is 2.62 bits per heavy atom. The van der Waals surface area contributed by atoms with E-state index in [1.807, 2.05) is 6.08 Å². The van der Waals surface area contributed by atoms with E-state index < -0.39 is 0 Å². The van der Waals surface area contributed by atoms with Crippen LogP contribution in [0, 0.1) is 28.6 Å². The van der Waals surface area contributed by atoms with Crippen molar-refractivity contribution in [2.45, 2.75) is 78.2 Å². The zero-order valence-electron chi connectivity index (χ0n) is 15.3. The van der Waals surface area contributed by atoms with Gasteiger partial charge in [-0.2, -0.15) is 0 Å². The Morgan fingerprint density at radius 2 is 1.88 bits per heavy atom. The van der Waals surface area contributed by atoms with Gasteiger partial charge in [0.05, 0.1) is 0 Å². The Kier molecular flexibility index (Phi) is 3.71. The van der Waals surface area contributed by atoms with Gasteiger partial charge in [0.15, 0.2) is 5.78 Å². The monoisotopic (exact) mass is 330 g/mol. The molecule has 3 fully saturated rings. The largest absolute Gasteiger partial charge is 0.462 e. The van der Waals surface area contributed by atoms with E-state index in [0.29, 0.717) is 17.6 Å². The number of hydrogen-bond donors (Lipinski definition) is 0. The van der Waals surface area contributed by atoms with Crippen molar-refractivity contribution in [3.63, 3.8) is 0 Å². The molecule has 0 aromatic heterocycles. The molecule has 4 rings (SSSR count). The van der Waals surface area contributed by atoms with Gasteiger partial charge in [-0.05, 0) is 74.2 Å². The van der Waals surface area contributed by atoms with Gasteiger partial charge in [0.1, 0.15) is 6.10 Å². The van der Waals surface area contributed by atoms with Crippen molar-refractivity contribution < 1.29 is 14.3 Å². The predicted molar refractivity (Wildman–Crippen MR) is 92.3 cm³/mol. The summed E-state index contributed by atoms with van der Waals surface area (Å²) >= 11 is 0. The third-order valence-corrected chi connectivity index (χ3v) is 8.18. The highest BCUT2D eigenvalue weighted by Crippen LogP contribution is 2.65. The minimum Gasteiger partial charge on any atom is -0.462 e. The molecule has 0 N–H and O–H groups in total. The first-order valence-corrected chi connectivity index (χ1v) is 9.76. The van der Waals surface area contributed by atoms with E-state index in [4.69, 9.17) is 4.74 Å². The molecular weight excluding hydrogens is 300 g/mol. The first-order valence-electron chi connectivity index (χ1n) is 9.76. The summed E-state index contributed by atoms with van der Waals surface area (Å²) in [6.07, 6.45) is 10.8. The zero-order chi connectivity index (χ0) is 17.1. The number of hydrogen-bond acceptors (Lipinski definition) is 3. The van der Waals surface area contributed by atoms with Crippen LogP contribution in [-0.4, -0.2) is 17.9 Å². The number of carbonyl (C=O) groups is 2. The molecule has 4 aliphatic carbocycles. The van der Waals surface area contributed by atoms with E-state index >= 15 is 0 Å². The molecule has 0 aromatic carbocycles. The van der Waals surface area contributed by atoms with Crippen LogP contribution < -0.4 is 0 Å². The molecule has 3 heteroatoms. The fourth-order valence-electron chi connectivity index (χ4n) is 6.91. The number of ether oxygens (including phenoxy) is 1. The van der Waals surface area contributed by atoms with Crippen molar-refractivity contribution in [1.29, 1.82) is 0 Å². The van der Waals surface area contributed by atoms with Gasteiger partial charge in [0, 0.05) is 18.8 Å². The van der Waals surface area contributed by atoms with Crippen LogP contribution in [0.4, 0.5) is 0 Å². The molecule has 0 spiro atoms. The lowest BCUT2D eigenvalue weighted by atomic mass is 9.47. The van der Waals surface area contributed by atoms with E-state index in [1.54, 1.807) is 6.92 Å². The van der Waals surface area contributed by atoms with Crippen molar-refractivity contribution in [2.24, 2.45) is 28.6 Å². The second-order valence-electron chi connectivity index (χ2n) is 9.19. The minimum absolute atomic E-state index is 0.110. The van der Waals surface area contributed by atoms with Crippen molar-refractivity contribution in [3.05, 3.63) is 11.6 Å². The summed E-state index contributed by atoms with van der Waals surface area (Å²) in [7, 11) is 0. The number of allylic oxidation sites excluding steroid dienone is 1. The molecule has 0 amide bonds. The molecule has 4 aliphatic rings. The summed E-state index contributed by atoms with van der Waals surface area (Å²) in [5.74, 6) is 2.32. The summed E-state index contributed by atoms with van der Waals surface area (Å²) in [5.41, 5.74) is 1.82. The minimum atomic E-state index is -0.129. The van der Waals surface area contributed by atoms with Crippen LogP contribution in [0.2, 0.25) is 0 Å². The molecule has 3 nitrogen and oxygen atoms in total. The molecule has 1 unspecified atom stereocenters. The van der Waals surface area contributed by atoms with Gasteiger partial charge >= 0.3 is 5.97 Å². The average molecular weight is 330 g/mol. The SMILES string of the molecule is CC(=O)OC1CC[C@H]2[C@@H]3CCC4=CC(=O)CC[C@]4(C)[C@H]3CC[C@]12C. The van der Waals surface area contributed by atoms with Gasteiger partial charge in [0.2, 0.25) is 0 Å². The van der Waals surface area contributed by atoms with Crippen molar-refractivity contribution in [3.8, 4) is 0 Å². The van der Waals surface area contributed by atoms with E-state index in [9.17, 15) is 9.59 Å². The highest BCUT2D eigenvalue weighted by molar-refractivity contribution is 5.91. The topological polar surface area (TPSA) is 43.4 Å². The van der Waals surface area contributed by atoms with E-state index in [0.717, 1.165) is 38.0 Å². The predicted octanol–water partition coefficient (Wildman–Crippen LogP) is 4.45. The Hall–Kier alpha value is -1.12. The molecule has 0 radical (unpaired) electrons. The van der Waals surface area contributed by atoms with Crippen LogP contribution in [0.3, 0.4) is 0 Å². The Morgan fingerprint density at radius 1 is 1.08 bits per heavy atom. The van der Waals surface area contributed by atoms with E-state index in [1.165, 1.54) is 24.8 Å². The van der Waals surface area contributed by atoms with Crippen LogP contribution in [-0.2, 0) is 14.3 Å². The second kappa shape index (κ2) is 5.44. The van der Waals surface area contributed by atoms with Crippen LogP contribution in [0.1, 0.15) is 72.1 Å². The maximum absolute atomic E-state index is 11.9. The molecule has 0 aromatic rings. The average Bonchev–Trinajstić information content (AvgIpc) is 2.84. The fourth-order valence-corrected chi connectivity index (χ4v) is 6.91. The molecule has 0 saturated heterocycles. The molecule has 3 saturated carbocycles. The fraction of sp³-hybridized carbons (Fsp3) is 0.810. The second-order valence-corrected chi connectivity index (χ2v) is 9.19. The van der Waals surface area contributed by atoms with Crippen molar-refractivity contribution in [2.75, 3.05) is 0 Å². The summed E-state index contributed by atoms with van der Waals surface area (Å²) in [6, 6.07) is 0. The zero-order valence-corrected chi connectivity index (χ0v) is 15.3. The van der Waals surface area contributed by atoms with Crippen molar-refractivity contribution >= 4 is 11.8 Å². The molecular formula is C21H30O3. The van der Waals surface area contributed by atoms with Crippen LogP contribution >= 0.6 is 0 Å². The van der Waals surface area contributed by atoms with E-state index in [-0.39, 0.29) is 22.9 Å². The summed E-state index contributed by atoms with van der Waals surface area (Å²) in [5, 5.41) is 0. The molecule has 6 atom stereocenters. The van der Waals surface area contributed by atoms with Gasteiger partial charge in [-0.15, -0.1) is 0 Å².